The maximum atomic E-state index is 11.9. The van der Waals surface area contributed by atoms with E-state index in [0.717, 1.165) is 5.56 Å². The molecule has 0 aliphatic carbocycles. The molecule has 1 aromatic carbocycles. The Morgan fingerprint density at radius 2 is 1.85 bits per heavy atom. The largest absolute Gasteiger partial charge is 0.357 e. The molecule has 0 spiro atoms. The zero-order valence-electron chi connectivity index (χ0n) is 15.5. The predicted octanol–water partition coefficient (Wildman–Crippen LogP) is 1.30. The molecule has 1 rings (SSSR count). The van der Waals surface area contributed by atoms with Crippen LogP contribution in [-0.4, -0.2) is 51.4 Å². The molecule has 1 amide bonds. The van der Waals surface area contributed by atoms with Crippen molar-refractivity contribution in [1.82, 2.24) is 16.0 Å². The average Bonchev–Trinajstić information content (AvgIpc) is 2.56. The number of carbonyl (C=O) groups excluding carboxylic acids is 1. The van der Waals surface area contributed by atoms with E-state index in [4.69, 9.17) is 0 Å². The standard InChI is InChI=1S/C17H28N4O3S.HI/c1-4-18-17(21-14(2)10-11-25(3,23)24)20-13-16(22)19-12-15-8-6-5-7-9-15;/h5-9,14H,4,10-13H2,1-3H3,(H,19,22)(H2,18,20,21);1H. The van der Waals surface area contributed by atoms with Crippen molar-refractivity contribution in [2.75, 3.05) is 25.1 Å². The minimum Gasteiger partial charge on any atom is -0.357 e. The number of benzene rings is 1. The number of halogens is 1. The number of aliphatic imine (C=N–C) groups is 1. The summed E-state index contributed by atoms with van der Waals surface area (Å²) in [5, 5.41) is 8.98. The lowest BCUT2D eigenvalue weighted by Crippen LogP contribution is -2.43. The van der Waals surface area contributed by atoms with Gasteiger partial charge < -0.3 is 16.0 Å². The molecule has 7 nitrogen and oxygen atoms in total. The van der Waals surface area contributed by atoms with Gasteiger partial charge in [-0.3, -0.25) is 4.79 Å². The predicted molar refractivity (Wildman–Crippen MR) is 117 cm³/mol. The molecule has 26 heavy (non-hydrogen) atoms. The van der Waals surface area contributed by atoms with Crippen LogP contribution < -0.4 is 16.0 Å². The molecule has 1 unspecified atom stereocenters. The smallest absolute Gasteiger partial charge is 0.242 e. The summed E-state index contributed by atoms with van der Waals surface area (Å²) in [6, 6.07) is 9.58. The van der Waals surface area contributed by atoms with E-state index >= 15 is 0 Å². The van der Waals surface area contributed by atoms with Gasteiger partial charge in [0.1, 0.15) is 16.4 Å². The lowest BCUT2D eigenvalue weighted by Gasteiger charge is -2.17. The molecule has 0 heterocycles. The molecule has 0 aliphatic rings. The Bertz CT molecular complexity index is 666. The third-order valence-electron chi connectivity index (χ3n) is 3.36. The highest BCUT2D eigenvalue weighted by molar-refractivity contribution is 14.0. The summed E-state index contributed by atoms with van der Waals surface area (Å²) < 4.78 is 22.4. The Hall–Kier alpha value is -1.36. The van der Waals surface area contributed by atoms with Crippen LogP contribution in [0.5, 0.6) is 0 Å². The van der Waals surface area contributed by atoms with Crippen LogP contribution in [0.4, 0.5) is 0 Å². The van der Waals surface area contributed by atoms with Gasteiger partial charge in [-0.15, -0.1) is 24.0 Å². The highest BCUT2D eigenvalue weighted by Crippen LogP contribution is 1.97. The molecule has 0 fully saturated rings. The number of guanidine groups is 1. The van der Waals surface area contributed by atoms with Crippen molar-refractivity contribution in [1.29, 1.82) is 0 Å². The molecule has 0 radical (unpaired) electrons. The van der Waals surface area contributed by atoms with Crippen molar-refractivity contribution >= 4 is 45.7 Å². The molecule has 0 aromatic heterocycles. The number of nitrogens with zero attached hydrogens (tertiary/aromatic N) is 1. The molecule has 0 aliphatic heterocycles. The highest BCUT2D eigenvalue weighted by atomic mass is 127. The van der Waals surface area contributed by atoms with E-state index in [9.17, 15) is 13.2 Å². The van der Waals surface area contributed by atoms with Crippen LogP contribution >= 0.6 is 24.0 Å². The SMILES string of the molecule is CCNC(=NCC(=O)NCc1ccccc1)NC(C)CCS(C)(=O)=O.I. The third-order valence-corrected chi connectivity index (χ3v) is 4.34. The molecule has 1 aromatic rings. The summed E-state index contributed by atoms with van der Waals surface area (Å²) in [7, 11) is -2.99. The van der Waals surface area contributed by atoms with Gasteiger partial charge in [0.2, 0.25) is 5.91 Å². The van der Waals surface area contributed by atoms with Crippen molar-refractivity contribution in [2.24, 2.45) is 4.99 Å². The van der Waals surface area contributed by atoms with E-state index < -0.39 is 9.84 Å². The van der Waals surface area contributed by atoms with Crippen LogP contribution in [0.2, 0.25) is 0 Å². The van der Waals surface area contributed by atoms with Gasteiger partial charge in [0.15, 0.2) is 5.96 Å². The van der Waals surface area contributed by atoms with Crippen molar-refractivity contribution in [3.05, 3.63) is 35.9 Å². The van der Waals surface area contributed by atoms with Gasteiger partial charge in [-0.1, -0.05) is 30.3 Å². The Labute approximate surface area is 173 Å². The van der Waals surface area contributed by atoms with Gasteiger partial charge in [0.25, 0.3) is 0 Å². The summed E-state index contributed by atoms with van der Waals surface area (Å²) in [6.45, 7) is 4.92. The first-order valence-electron chi connectivity index (χ1n) is 8.33. The zero-order valence-corrected chi connectivity index (χ0v) is 18.6. The highest BCUT2D eigenvalue weighted by Gasteiger charge is 2.10. The second-order valence-corrected chi connectivity index (χ2v) is 8.18. The lowest BCUT2D eigenvalue weighted by atomic mass is 10.2. The summed E-state index contributed by atoms with van der Waals surface area (Å²) in [5.74, 6) is 0.432. The monoisotopic (exact) mass is 496 g/mol. The molecular formula is C17H29IN4O3S. The van der Waals surface area contributed by atoms with Crippen LogP contribution in [0.3, 0.4) is 0 Å². The number of sulfone groups is 1. The second-order valence-electron chi connectivity index (χ2n) is 5.92. The van der Waals surface area contributed by atoms with Crippen LogP contribution in [0.25, 0.3) is 0 Å². The molecule has 0 saturated heterocycles. The number of nitrogens with one attached hydrogen (secondary N) is 3. The number of amides is 1. The first-order chi connectivity index (χ1) is 11.8. The molecule has 3 N–H and O–H groups in total. The number of rotatable bonds is 9. The second kappa shape index (κ2) is 12.9. The molecular weight excluding hydrogens is 467 g/mol. The fourth-order valence-corrected chi connectivity index (χ4v) is 2.80. The fraction of sp³-hybridized carbons (Fsp3) is 0.529. The van der Waals surface area contributed by atoms with E-state index in [2.05, 4.69) is 20.9 Å². The molecule has 0 saturated carbocycles. The molecule has 9 heteroatoms. The topological polar surface area (TPSA) is 99.7 Å². The van der Waals surface area contributed by atoms with E-state index in [1.165, 1.54) is 6.26 Å². The molecule has 148 valence electrons. The van der Waals surface area contributed by atoms with Crippen LogP contribution in [-0.2, 0) is 21.2 Å². The van der Waals surface area contributed by atoms with Gasteiger partial charge in [0.05, 0.1) is 5.75 Å². The maximum absolute atomic E-state index is 11.9. The van der Waals surface area contributed by atoms with E-state index in [-0.39, 0.29) is 48.2 Å². The molecule has 0 bridgehead atoms. The van der Waals surface area contributed by atoms with Crippen molar-refractivity contribution < 1.29 is 13.2 Å². The number of hydrogen-bond acceptors (Lipinski definition) is 4. The van der Waals surface area contributed by atoms with Gasteiger partial charge in [-0.25, -0.2) is 13.4 Å². The van der Waals surface area contributed by atoms with Crippen molar-refractivity contribution in [3.8, 4) is 0 Å². The minimum atomic E-state index is -2.99. The summed E-state index contributed by atoms with van der Waals surface area (Å²) >= 11 is 0. The van der Waals surface area contributed by atoms with E-state index in [0.29, 0.717) is 25.5 Å². The number of hydrogen-bond donors (Lipinski definition) is 3. The lowest BCUT2D eigenvalue weighted by molar-refractivity contribution is -0.119. The molecule has 1 atom stereocenters. The van der Waals surface area contributed by atoms with E-state index in [1.807, 2.05) is 44.2 Å². The van der Waals surface area contributed by atoms with Crippen LogP contribution in [0.15, 0.2) is 35.3 Å². The Balaban J connectivity index is 0.00000625. The average molecular weight is 496 g/mol. The van der Waals surface area contributed by atoms with Gasteiger partial charge in [-0.2, -0.15) is 0 Å². The third kappa shape index (κ3) is 12.1. The van der Waals surface area contributed by atoms with Crippen molar-refractivity contribution in [3.63, 3.8) is 0 Å². The quantitative estimate of drug-likeness (QED) is 0.272. The Morgan fingerprint density at radius 3 is 2.42 bits per heavy atom. The first-order valence-corrected chi connectivity index (χ1v) is 10.4. The summed E-state index contributed by atoms with van der Waals surface area (Å²) in [6.07, 6.45) is 1.69. The van der Waals surface area contributed by atoms with Gasteiger partial charge >= 0.3 is 0 Å². The fourth-order valence-electron chi connectivity index (χ4n) is 2.02. The number of carbonyl (C=O) groups is 1. The van der Waals surface area contributed by atoms with Crippen LogP contribution in [0.1, 0.15) is 25.8 Å². The van der Waals surface area contributed by atoms with Gasteiger partial charge in [-0.05, 0) is 25.8 Å². The normalized spacial score (nSPS) is 12.7. The van der Waals surface area contributed by atoms with Crippen molar-refractivity contribution in [2.45, 2.75) is 32.9 Å². The Kier molecular flexibility index (Phi) is 12.2. The van der Waals surface area contributed by atoms with Gasteiger partial charge in [0, 0.05) is 25.4 Å². The minimum absolute atomic E-state index is 0. The van der Waals surface area contributed by atoms with E-state index in [1.54, 1.807) is 0 Å². The summed E-state index contributed by atoms with van der Waals surface area (Å²) in [4.78, 5) is 16.2. The first kappa shape index (κ1) is 24.6. The summed E-state index contributed by atoms with van der Waals surface area (Å²) in [5.41, 5.74) is 1.03. The Morgan fingerprint density at radius 1 is 1.19 bits per heavy atom. The van der Waals surface area contributed by atoms with Crippen LogP contribution in [0, 0.1) is 0 Å². The zero-order chi connectivity index (χ0) is 18.7. The maximum Gasteiger partial charge on any atom is 0.242 e.